The Bertz CT molecular complexity index is 2360. The zero-order chi connectivity index (χ0) is 35.5. The van der Waals surface area contributed by atoms with Crippen LogP contribution in [0.2, 0.25) is 0 Å². The Morgan fingerprint density at radius 1 is 0.460 bits per heavy atom. The number of thiophene rings is 6. The molecule has 0 amide bonds. The number of ether oxygens (including phenoxy) is 1. The fourth-order valence-corrected chi connectivity index (χ4v) is 15.3. The van der Waals surface area contributed by atoms with Gasteiger partial charge in [-0.1, -0.05) is 41.5 Å². The predicted molar refractivity (Wildman–Crippen MR) is 225 cm³/mol. The van der Waals surface area contributed by atoms with Gasteiger partial charge in [0, 0.05) is 40.9 Å². The predicted octanol–water partition coefficient (Wildman–Crippen LogP) is 14.9. The molecule has 50 heavy (non-hydrogen) atoms. The molecule has 3 aliphatic heterocycles. The highest BCUT2D eigenvalue weighted by molar-refractivity contribution is 7.31. The van der Waals surface area contributed by atoms with Gasteiger partial charge < -0.3 is 15.4 Å². The summed E-state index contributed by atoms with van der Waals surface area (Å²) in [5.41, 5.74) is 6.21. The Morgan fingerprint density at radius 2 is 0.840 bits per heavy atom. The van der Waals surface area contributed by atoms with E-state index in [-0.39, 0.29) is 21.9 Å². The molecule has 0 aliphatic carbocycles. The van der Waals surface area contributed by atoms with Gasteiger partial charge >= 0.3 is 0 Å². The molecule has 0 radical (unpaired) electrons. The fraction of sp³-hybridized carbons (Fsp3) is 0.415. The summed E-state index contributed by atoms with van der Waals surface area (Å²) in [6.07, 6.45) is 0. The lowest BCUT2D eigenvalue weighted by Gasteiger charge is -2.32. The van der Waals surface area contributed by atoms with Gasteiger partial charge in [-0.2, -0.15) is 0 Å². The highest BCUT2D eigenvalue weighted by atomic mass is 32.1. The summed E-state index contributed by atoms with van der Waals surface area (Å²) >= 11 is 11.6. The lowest BCUT2D eigenvalue weighted by Crippen LogP contribution is -2.30. The van der Waals surface area contributed by atoms with Crippen LogP contribution in [0.15, 0.2) is 36.4 Å². The lowest BCUT2D eigenvalue weighted by molar-refractivity contribution is 0.107. The summed E-state index contributed by atoms with van der Waals surface area (Å²) in [6.45, 7) is 27.6. The van der Waals surface area contributed by atoms with Crippen LogP contribution in [0, 0.1) is 0 Å². The van der Waals surface area contributed by atoms with E-state index in [9.17, 15) is 0 Å². The molecule has 3 nitrogen and oxygen atoms in total. The van der Waals surface area contributed by atoms with E-state index in [2.05, 4.69) is 130 Å². The number of hydrogen-bond donors (Lipinski definition) is 2. The number of nitrogens with one attached hydrogen (secondary N) is 2. The smallest absolute Gasteiger partial charge is 0.140 e. The quantitative estimate of drug-likeness (QED) is 0.184. The third-order valence-electron chi connectivity index (χ3n) is 10.2. The van der Waals surface area contributed by atoms with Crippen molar-refractivity contribution in [3.05, 3.63) is 62.8 Å². The van der Waals surface area contributed by atoms with Crippen molar-refractivity contribution in [1.82, 2.24) is 0 Å². The van der Waals surface area contributed by atoms with Crippen LogP contribution in [0.3, 0.4) is 0 Å². The maximum Gasteiger partial charge on any atom is 0.140 e. The molecule has 6 aromatic rings. The summed E-state index contributed by atoms with van der Waals surface area (Å²) in [4.78, 5) is 16.4. The van der Waals surface area contributed by atoms with Crippen LogP contribution in [-0.4, -0.2) is 0 Å². The Labute approximate surface area is 320 Å². The fourth-order valence-electron chi connectivity index (χ4n) is 7.33. The van der Waals surface area contributed by atoms with Gasteiger partial charge in [-0.15, -0.1) is 68.0 Å². The summed E-state index contributed by atoms with van der Waals surface area (Å²) in [7, 11) is 0. The lowest BCUT2D eigenvalue weighted by atomic mass is 9.89. The molecule has 0 saturated carbocycles. The molecule has 0 atom stereocenters. The minimum absolute atomic E-state index is 0.126. The maximum atomic E-state index is 6.84. The van der Waals surface area contributed by atoms with Gasteiger partial charge in [0.25, 0.3) is 0 Å². The first-order valence-electron chi connectivity index (χ1n) is 17.3. The average Bonchev–Trinajstić information content (AvgIpc) is 3.80. The van der Waals surface area contributed by atoms with Crippen LogP contribution in [0.1, 0.15) is 110 Å². The molecular formula is C41H44N2OS6. The van der Waals surface area contributed by atoms with Gasteiger partial charge in [0.2, 0.25) is 0 Å². The van der Waals surface area contributed by atoms with E-state index in [0.717, 1.165) is 5.75 Å². The topological polar surface area (TPSA) is 33.3 Å². The van der Waals surface area contributed by atoms with Crippen LogP contribution in [0.5, 0.6) is 5.75 Å². The van der Waals surface area contributed by atoms with Gasteiger partial charge in [0.1, 0.15) is 11.4 Å². The summed E-state index contributed by atoms with van der Waals surface area (Å²) in [5.74, 6) is 1.01. The molecule has 9 heterocycles. The minimum atomic E-state index is -0.411. The van der Waals surface area contributed by atoms with E-state index in [4.69, 9.17) is 4.74 Å². The van der Waals surface area contributed by atoms with Crippen molar-refractivity contribution >= 4 is 79.4 Å². The molecular weight excluding hydrogens is 729 g/mol. The normalized spacial score (nSPS) is 17.8. The van der Waals surface area contributed by atoms with E-state index in [0.29, 0.717) is 0 Å². The molecule has 9 rings (SSSR count). The molecule has 260 valence electrons. The molecule has 0 unspecified atom stereocenters. The Kier molecular flexibility index (Phi) is 6.94. The van der Waals surface area contributed by atoms with Crippen molar-refractivity contribution in [2.45, 2.75) is 111 Å². The Morgan fingerprint density at radius 3 is 1.28 bits per heavy atom. The first kappa shape index (κ1) is 33.4. The number of anilines is 2. The van der Waals surface area contributed by atoms with Gasteiger partial charge in [-0.25, -0.2) is 0 Å². The molecule has 3 aliphatic rings. The highest BCUT2D eigenvalue weighted by Gasteiger charge is 2.40. The monoisotopic (exact) mass is 772 g/mol. The second kappa shape index (κ2) is 10.4. The van der Waals surface area contributed by atoms with E-state index < -0.39 is 5.60 Å². The maximum absolute atomic E-state index is 6.84. The summed E-state index contributed by atoms with van der Waals surface area (Å²) < 4.78 is 6.84. The van der Waals surface area contributed by atoms with Gasteiger partial charge in [0.15, 0.2) is 0 Å². The molecule has 9 heteroatoms. The molecule has 0 aromatic carbocycles. The van der Waals surface area contributed by atoms with Crippen LogP contribution in [-0.2, 0) is 27.5 Å². The van der Waals surface area contributed by atoms with E-state index in [1.54, 1.807) is 0 Å². The van der Waals surface area contributed by atoms with E-state index in [1.807, 2.05) is 68.0 Å². The van der Waals surface area contributed by atoms with Gasteiger partial charge in [0.05, 0.1) is 51.7 Å². The Balaban J connectivity index is 1.12. The standard InChI is InChI=1S/C41H44N2OS6/c1-37(2,3)29-16-22-34(49-29)31-19(39(7,8)42-22)13-25(45-31)27-15-21-33(47-27)36-24(44-41(21,11)12)18-28(48-36)26-14-20-32(46-26)35-23(43-40(20,9)10)17-30(50-35)38(4,5)6/h13-18,42-43H,1-12H3. The first-order valence-corrected chi connectivity index (χ1v) is 22.2. The summed E-state index contributed by atoms with van der Waals surface area (Å²) in [5, 5.41) is 7.75. The van der Waals surface area contributed by atoms with E-state index in [1.165, 1.54) is 86.6 Å². The molecule has 2 N–H and O–H groups in total. The molecule has 0 spiro atoms. The molecule has 0 fully saturated rings. The highest BCUT2D eigenvalue weighted by Crippen LogP contribution is 2.60. The number of fused-ring (bicyclic) bond motifs is 9. The molecule has 0 bridgehead atoms. The third kappa shape index (κ3) is 5.01. The van der Waals surface area contributed by atoms with Crippen molar-refractivity contribution in [1.29, 1.82) is 0 Å². The van der Waals surface area contributed by atoms with Crippen LogP contribution < -0.4 is 15.4 Å². The minimum Gasteiger partial charge on any atom is -0.482 e. The van der Waals surface area contributed by atoms with Crippen LogP contribution in [0.4, 0.5) is 11.4 Å². The first-order chi connectivity index (χ1) is 23.2. The van der Waals surface area contributed by atoms with Gasteiger partial charge in [-0.05, 0) is 93.8 Å². The van der Waals surface area contributed by atoms with Crippen molar-refractivity contribution in [2.75, 3.05) is 10.6 Å². The second-order valence-corrected chi connectivity index (χ2v) is 24.0. The SMILES string of the molecule is CC(C)(C)c1cc2c(s1)-c1sc(-c3cc4c(s3)-c3sc(-c5cc6c(s5)-c5sc(C(C)(C)C)cc5NC6(C)C)cc3C(C)(C)O4)cc1C(C)(C)N2. The Hall–Kier alpha value is -2.40. The van der Waals surface area contributed by atoms with Gasteiger partial charge in [-0.3, -0.25) is 0 Å². The van der Waals surface area contributed by atoms with Crippen molar-refractivity contribution in [2.24, 2.45) is 0 Å². The second-order valence-electron chi connectivity index (χ2n) is 17.7. The van der Waals surface area contributed by atoms with Crippen LogP contribution in [0.25, 0.3) is 48.8 Å². The number of rotatable bonds is 2. The van der Waals surface area contributed by atoms with Crippen LogP contribution >= 0.6 is 68.0 Å². The third-order valence-corrected chi connectivity index (χ3v) is 18.7. The average molecular weight is 773 g/mol. The zero-order valence-electron chi connectivity index (χ0n) is 30.8. The summed E-state index contributed by atoms with van der Waals surface area (Å²) in [6, 6.07) is 14.4. The zero-order valence-corrected chi connectivity index (χ0v) is 35.7. The van der Waals surface area contributed by atoms with Crippen molar-refractivity contribution in [3.63, 3.8) is 0 Å². The van der Waals surface area contributed by atoms with Crippen molar-refractivity contribution in [3.8, 4) is 54.5 Å². The molecule has 0 saturated heterocycles. The molecule has 6 aromatic heterocycles. The van der Waals surface area contributed by atoms with E-state index >= 15 is 0 Å². The largest absolute Gasteiger partial charge is 0.482 e. The number of hydrogen-bond acceptors (Lipinski definition) is 9. The van der Waals surface area contributed by atoms with Crippen molar-refractivity contribution < 1.29 is 4.74 Å².